The van der Waals surface area contributed by atoms with Gasteiger partial charge in [-0.25, -0.2) is 8.78 Å². The van der Waals surface area contributed by atoms with Crippen molar-refractivity contribution < 1.29 is 18.6 Å². The number of ether oxygens (including phenoxy) is 1. The van der Waals surface area contributed by atoms with E-state index in [-0.39, 0.29) is 23.6 Å². The molecule has 0 amide bonds. The number of pyridine rings is 1. The van der Waals surface area contributed by atoms with Crippen molar-refractivity contribution in [1.82, 2.24) is 4.98 Å². The van der Waals surface area contributed by atoms with Crippen LogP contribution in [-0.2, 0) is 6.61 Å². The molecule has 1 aromatic rings. The lowest BCUT2D eigenvalue weighted by atomic mass is 10.1. The van der Waals surface area contributed by atoms with Crippen LogP contribution in [0.1, 0.15) is 23.4 Å². The van der Waals surface area contributed by atoms with E-state index < -0.39 is 6.43 Å². The summed E-state index contributed by atoms with van der Waals surface area (Å²) < 4.78 is 29.9. The second-order valence-electron chi connectivity index (χ2n) is 2.77. The van der Waals surface area contributed by atoms with Crippen LogP contribution < -0.4 is 4.74 Å². The summed E-state index contributed by atoms with van der Waals surface area (Å²) in [6.07, 6.45) is -2.62. The first kappa shape index (κ1) is 10.8. The highest BCUT2D eigenvalue weighted by Crippen LogP contribution is 2.31. The van der Waals surface area contributed by atoms with E-state index in [0.717, 1.165) is 0 Å². The molecule has 0 fully saturated rings. The molecule has 0 unspecified atom stereocenters. The smallest absolute Gasteiger partial charge is 0.269 e. The van der Waals surface area contributed by atoms with Gasteiger partial charge in [0.2, 0.25) is 0 Å². The van der Waals surface area contributed by atoms with Gasteiger partial charge in [0.15, 0.2) is 0 Å². The lowest BCUT2D eigenvalue weighted by Gasteiger charge is -2.11. The molecule has 0 aliphatic heterocycles. The van der Waals surface area contributed by atoms with E-state index >= 15 is 0 Å². The number of nitrogens with zero attached hydrogens (tertiary/aromatic N) is 1. The topological polar surface area (TPSA) is 42.4 Å². The first-order valence-electron chi connectivity index (χ1n) is 4.03. The maximum Gasteiger partial charge on any atom is 0.269 e. The van der Waals surface area contributed by atoms with Gasteiger partial charge in [-0.05, 0) is 6.92 Å². The lowest BCUT2D eigenvalue weighted by Crippen LogP contribution is -2.02. The average Bonchev–Trinajstić information content (AvgIpc) is 2.15. The predicted octanol–water partition coefficient (Wildman–Crippen LogP) is 1.83. The van der Waals surface area contributed by atoms with Crippen LogP contribution in [0.25, 0.3) is 0 Å². The number of hydrogen-bond acceptors (Lipinski definition) is 3. The maximum absolute atomic E-state index is 12.5. The number of alkyl halides is 2. The highest BCUT2D eigenvalue weighted by atomic mass is 19.3. The van der Waals surface area contributed by atoms with Crippen molar-refractivity contribution in [1.29, 1.82) is 0 Å². The van der Waals surface area contributed by atoms with Gasteiger partial charge in [0.25, 0.3) is 6.43 Å². The lowest BCUT2D eigenvalue weighted by molar-refractivity contribution is 0.145. The fourth-order valence-corrected chi connectivity index (χ4v) is 1.23. The van der Waals surface area contributed by atoms with E-state index in [1.165, 1.54) is 20.1 Å². The zero-order valence-corrected chi connectivity index (χ0v) is 7.92. The highest BCUT2D eigenvalue weighted by Gasteiger charge is 2.18. The van der Waals surface area contributed by atoms with Gasteiger partial charge in [-0.3, -0.25) is 4.98 Å². The van der Waals surface area contributed by atoms with Gasteiger partial charge in [0.05, 0.1) is 30.7 Å². The molecule has 0 radical (unpaired) electrons. The Labute approximate surface area is 80.3 Å². The van der Waals surface area contributed by atoms with Gasteiger partial charge < -0.3 is 9.84 Å². The molecule has 78 valence electrons. The molecule has 1 rings (SSSR count). The summed E-state index contributed by atoms with van der Waals surface area (Å²) in [6, 6.07) is 1.31. The molecular weight excluding hydrogens is 192 g/mol. The predicted molar refractivity (Wildman–Crippen MR) is 46.4 cm³/mol. The summed E-state index contributed by atoms with van der Waals surface area (Å²) in [5.41, 5.74) is 0.289. The number of methoxy groups -OCH3 is 1. The van der Waals surface area contributed by atoms with Crippen molar-refractivity contribution in [3.05, 3.63) is 23.0 Å². The molecule has 1 aromatic heterocycles. The molecule has 0 aliphatic rings. The number of rotatable bonds is 3. The van der Waals surface area contributed by atoms with Crippen molar-refractivity contribution in [3.63, 3.8) is 0 Å². The minimum atomic E-state index is -2.62. The van der Waals surface area contributed by atoms with Crippen LogP contribution in [-0.4, -0.2) is 17.2 Å². The standard InChI is InChI=1S/C9H11F2NO2/c1-5-8(9(10)11)7(14-2)3-6(4-13)12-5/h3,9,13H,4H2,1-2H3. The van der Waals surface area contributed by atoms with Crippen molar-refractivity contribution in [2.45, 2.75) is 20.0 Å². The van der Waals surface area contributed by atoms with E-state index in [9.17, 15) is 8.78 Å². The Morgan fingerprint density at radius 1 is 1.57 bits per heavy atom. The molecule has 1 N–H and O–H groups in total. The van der Waals surface area contributed by atoms with E-state index in [1.807, 2.05) is 0 Å². The number of aryl methyl sites for hydroxylation is 1. The Bertz CT molecular complexity index is 329. The van der Waals surface area contributed by atoms with Crippen LogP contribution in [0.15, 0.2) is 6.07 Å². The largest absolute Gasteiger partial charge is 0.496 e. The Hall–Kier alpha value is -1.23. The first-order valence-corrected chi connectivity index (χ1v) is 4.03. The van der Waals surface area contributed by atoms with Gasteiger partial charge in [0.1, 0.15) is 5.75 Å². The Kier molecular flexibility index (Phi) is 3.35. The van der Waals surface area contributed by atoms with Gasteiger partial charge >= 0.3 is 0 Å². The van der Waals surface area contributed by atoms with Crippen molar-refractivity contribution in [3.8, 4) is 5.75 Å². The molecule has 0 bridgehead atoms. The highest BCUT2D eigenvalue weighted by molar-refractivity contribution is 5.38. The van der Waals surface area contributed by atoms with Gasteiger partial charge in [0, 0.05) is 6.07 Å². The van der Waals surface area contributed by atoms with Crippen molar-refractivity contribution in [2.75, 3.05) is 7.11 Å². The summed E-state index contributed by atoms with van der Waals surface area (Å²) in [7, 11) is 1.31. The molecule has 0 aliphatic carbocycles. The maximum atomic E-state index is 12.5. The molecule has 5 heteroatoms. The van der Waals surface area contributed by atoms with E-state index in [4.69, 9.17) is 9.84 Å². The third kappa shape index (κ3) is 1.98. The molecule has 0 spiro atoms. The molecule has 14 heavy (non-hydrogen) atoms. The zero-order valence-electron chi connectivity index (χ0n) is 7.92. The van der Waals surface area contributed by atoms with Crippen LogP contribution in [0.5, 0.6) is 5.75 Å². The zero-order chi connectivity index (χ0) is 10.7. The first-order chi connectivity index (χ1) is 6.60. The van der Waals surface area contributed by atoms with Crippen molar-refractivity contribution in [2.24, 2.45) is 0 Å². The van der Waals surface area contributed by atoms with Crippen LogP contribution >= 0.6 is 0 Å². The van der Waals surface area contributed by atoms with Crippen LogP contribution in [0.2, 0.25) is 0 Å². The van der Waals surface area contributed by atoms with Crippen LogP contribution in [0.4, 0.5) is 8.78 Å². The summed E-state index contributed by atoms with van der Waals surface area (Å²) in [6.45, 7) is 1.17. The van der Waals surface area contributed by atoms with Crippen LogP contribution in [0.3, 0.4) is 0 Å². The monoisotopic (exact) mass is 203 g/mol. The number of hydrogen-bond donors (Lipinski definition) is 1. The molecular formula is C9H11F2NO2. The molecule has 0 saturated heterocycles. The fraction of sp³-hybridized carbons (Fsp3) is 0.444. The number of aliphatic hydroxyl groups excluding tert-OH is 1. The van der Waals surface area contributed by atoms with Gasteiger partial charge in [-0.2, -0.15) is 0 Å². The number of aliphatic hydroxyl groups is 1. The van der Waals surface area contributed by atoms with Gasteiger partial charge in [-0.1, -0.05) is 0 Å². The van der Waals surface area contributed by atoms with Crippen LogP contribution in [0, 0.1) is 6.92 Å². The SMILES string of the molecule is COc1cc(CO)nc(C)c1C(F)F. The van der Waals surface area contributed by atoms with E-state index in [1.54, 1.807) is 0 Å². The number of halogens is 2. The third-order valence-corrected chi connectivity index (χ3v) is 1.86. The minimum Gasteiger partial charge on any atom is -0.496 e. The number of aromatic nitrogens is 1. The van der Waals surface area contributed by atoms with Crippen molar-refractivity contribution >= 4 is 0 Å². The third-order valence-electron chi connectivity index (χ3n) is 1.86. The summed E-state index contributed by atoms with van der Waals surface area (Å²) in [5.74, 6) is 0.0663. The second kappa shape index (κ2) is 4.32. The Morgan fingerprint density at radius 3 is 2.64 bits per heavy atom. The van der Waals surface area contributed by atoms with Gasteiger partial charge in [-0.15, -0.1) is 0 Å². The Balaban J connectivity index is 3.27. The molecule has 0 aromatic carbocycles. The summed E-state index contributed by atoms with van der Waals surface area (Å²) in [5, 5.41) is 8.81. The quantitative estimate of drug-likeness (QED) is 0.814. The average molecular weight is 203 g/mol. The normalized spacial score (nSPS) is 10.7. The molecule has 0 atom stereocenters. The summed E-state index contributed by atoms with van der Waals surface area (Å²) in [4.78, 5) is 3.81. The fourth-order valence-electron chi connectivity index (χ4n) is 1.23. The van der Waals surface area contributed by atoms with E-state index in [2.05, 4.69) is 4.98 Å². The van der Waals surface area contributed by atoms with E-state index in [0.29, 0.717) is 5.69 Å². The summed E-state index contributed by atoms with van der Waals surface area (Å²) >= 11 is 0. The molecule has 0 saturated carbocycles. The minimum absolute atomic E-state index is 0.0663. The second-order valence-corrected chi connectivity index (χ2v) is 2.77. The Morgan fingerprint density at radius 2 is 2.21 bits per heavy atom. The molecule has 3 nitrogen and oxygen atoms in total. The molecule has 1 heterocycles.